The SMILES string of the molecule is Cn1nccc1-c1cc(Cl)ccc1Oc1ccc(S(=O)(=O)Nc2ccon2)cc1C#N. The normalized spacial score (nSPS) is 11.1. The molecule has 156 valence electrons. The van der Waals surface area contributed by atoms with Gasteiger partial charge in [0, 0.05) is 29.9 Å². The van der Waals surface area contributed by atoms with Crippen molar-refractivity contribution in [2.45, 2.75) is 4.90 Å². The number of halogens is 1. The van der Waals surface area contributed by atoms with Crippen molar-refractivity contribution in [3.63, 3.8) is 0 Å². The molecule has 0 saturated heterocycles. The van der Waals surface area contributed by atoms with Gasteiger partial charge >= 0.3 is 0 Å². The van der Waals surface area contributed by atoms with E-state index >= 15 is 0 Å². The van der Waals surface area contributed by atoms with E-state index in [0.717, 1.165) is 5.69 Å². The third-order valence-corrected chi connectivity index (χ3v) is 5.90. The number of anilines is 1. The molecule has 0 atom stereocenters. The number of hydrogen-bond donors (Lipinski definition) is 1. The van der Waals surface area contributed by atoms with Crippen molar-refractivity contribution in [3.8, 4) is 28.8 Å². The van der Waals surface area contributed by atoms with Crippen LogP contribution in [0.1, 0.15) is 5.56 Å². The molecule has 0 aliphatic rings. The van der Waals surface area contributed by atoms with E-state index < -0.39 is 10.0 Å². The van der Waals surface area contributed by atoms with Gasteiger partial charge in [-0.2, -0.15) is 10.4 Å². The quantitative estimate of drug-likeness (QED) is 0.462. The monoisotopic (exact) mass is 455 g/mol. The largest absolute Gasteiger partial charge is 0.455 e. The first-order chi connectivity index (χ1) is 14.9. The topological polar surface area (TPSA) is 123 Å². The van der Waals surface area contributed by atoms with Crippen LogP contribution in [0, 0.1) is 11.3 Å². The van der Waals surface area contributed by atoms with Gasteiger partial charge in [-0.3, -0.25) is 9.40 Å². The van der Waals surface area contributed by atoms with Gasteiger partial charge in [0.25, 0.3) is 10.0 Å². The highest BCUT2D eigenvalue weighted by Gasteiger charge is 2.19. The number of aromatic nitrogens is 3. The van der Waals surface area contributed by atoms with Gasteiger partial charge in [0.1, 0.15) is 23.8 Å². The third-order valence-electron chi connectivity index (χ3n) is 4.32. The predicted octanol–water partition coefficient (Wildman–Crippen LogP) is 4.19. The minimum atomic E-state index is -3.97. The number of nitrogens with one attached hydrogen (secondary N) is 1. The van der Waals surface area contributed by atoms with E-state index in [2.05, 4.69) is 19.5 Å². The molecule has 4 aromatic rings. The summed E-state index contributed by atoms with van der Waals surface area (Å²) in [5.41, 5.74) is 1.46. The molecule has 2 heterocycles. The van der Waals surface area contributed by atoms with Crippen molar-refractivity contribution < 1.29 is 17.7 Å². The molecule has 0 radical (unpaired) electrons. The Morgan fingerprint density at radius 1 is 1.16 bits per heavy atom. The van der Waals surface area contributed by atoms with Crippen molar-refractivity contribution >= 4 is 27.4 Å². The summed E-state index contributed by atoms with van der Waals surface area (Å²) in [6.45, 7) is 0. The molecule has 11 heteroatoms. The molecule has 0 amide bonds. The summed E-state index contributed by atoms with van der Waals surface area (Å²) in [4.78, 5) is -0.123. The molecule has 9 nitrogen and oxygen atoms in total. The van der Waals surface area contributed by atoms with E-state index in [0.29, 0.717) is 16.3 Å². The fourth-order valence-corrected chi connectivity index (χ4v) is 4.05. The van der Waals surface area contributed by atoms with Gasteiger partial charge in [-0.15, -0.1) is 0 Å². The summed E-state index contributed by atoms with van der Waals surface area (Å²) in [6.07, 6.45) is 2.88. The first-order valence-electron chi connectivity index (χ1n) is 8.80. The number of sulfonamides is 1. The highest BCUT2D eigenvalue weighted by Crippen LogP contribution is 2.36. The molecule has 0 bridgehead atoms. The minimum Gasteiger partial charge on any atom is -0.455 e. The minimum absolute atomic E-state index is 0.0285. The Labute approximate surface area is 182 Å². The summed E-state index contributed by atoms with van der Waals surface area (Å²) >= 11 is 6.15. The molecule has 1 N–H and O–H groups in total. The van der Waals surface area contributed by atoms with Crippen molar-refractivity contribution in [3.05, 3.63) is 71.6 Å². The van der Waals surface area contributed by atoms with Gasteiger partial charge in [0.2, 0.25) is 0 Å². The number of hydrogen-bond acceptors (Lipinski definition) is 7. The zero-order valence-corrected chi connectivity index (χ0v) is 17.6. The van der Waals surface area contributed by atoms with Crippen molar-refractivity contribution in [1.29, 1.82) is 5.26 Å². The molecule has 31 heavy (non-hydrogen) atoms. The number of rotatable bonds is 6. The molecule has 0 saturated carbocycles. The van der Waals surface area contributed by atoms with Gasteiger partial charge < -0.3 is 9.26 Å². The van der Waals surface area contributed by atoms with E-state index in [-0.39, 0.29) is 22.0 Å². The van der Waals surface area contributed by atoms with Gasteiger partial charge in [0.05, 0.1) is 16.2 Å². The fraction of sp³-hybridized carbons (Fsp3) is 0.0500. The Morgan fingerprint density at radius 2 is 1.97 bits per heavy atom. The number of nitrogens with zero attached hydrogens (tertiary/aromatic N) is 4. The Balaban J connectivity index is 1.70. The highest BCUT2D eigenvalue weighted by atomic mass is 35.5. The fourth-order valence-electron chi connectivity index (χ4n) is 2.86. The molecular formula is C20H14ClN5O4S. The number of aryl methyl sites for hydroxylation is 1. The van der Waals surface area contributed by atoms with Gasteiger partial charge in [-0.05, 0) is 42.5 Å². The first-order valence-corrected chi connectivity index (χ1v) is 10.7. The third kappa shape index (κ3) is 4.23. The van der Waals surface area contributed by atoms with Crippen molar-refractivity contribution in [2.24, 2.45) is 7.05 Å². The number of nitriles is 1. The maximum Gasteiger partial charge on any atom is 0.263 e. The van der Waals surface area contributed by atoms with Crippen molar-refractivity contribution in [1.82, 2.24) is 14.9 Å². The second-order valence-electron chi connectivity index (χ2n) is 6.34. The Kier molecular flexibility index (Phi) is 5.37. The van der Waals surface area contributed by atoms with Crippen LogP contribution in [0.4, 0.5) is 5.82 Å². The molecule has 0 unspecified atom stereocenters. The summed E-state index contributed by atoms with van der Waals surface area (Å²) in [5.74, 6) is 0.648. The summed E-state index contributed by atoms with van der Waals surface area (Å²) < 4.78 is 39.6. The maximum absolute atomic E-state index is 12.6. The lowest BCUT2D eigenvalue weighted by Crippen LogP contribution is -2.13. The van der Waals surface area contributed by atoms with Crippen LogP contribution in [0.3, 0.4) is 0 Å². The van der Waals surface area contributed by atoms with Crippen LogP contribution < -0.4 is 9.46 Å². The maximum atomic E-state index is 12.6. The predicted molar refractivity (Wildman–Crippen MR) is 112 cm³/mol. The van der Waals surface area contributed by atoms with Crippen LogP contribution in [0.2, 0.25) is 5.02 Å². The van der Waals surface area contributed by atoms with Crippen LogP contribution in [0.25, 0.3) is 11.3 Å². The van der Waals surface area contributed by atoms with Crippen molar-refractivity contribution in [2.75, 3.05) is 4.72 Å². The highest BCUT2D eigenvalue weighted by molar-refractivity contribution is 7.92. The van der Waals surface area contributed by atoms with E-state index in [4.69, 9.17) is 16.3 Å². The second-order valence-corrected chi connectivity index (χ2v) is 8.46. The Bertz CT molecular complexity index is 1390. The second kappa shape index (κ2) is 8.14. The molecule has 2 aromatic carbocycles. The Morgan fingerprint density at radius 3 is 2.65 bits per heavy atom. The van der Waals surface area contributed by atoms with Crippen LogP contribution in [0.15, 0.2) is 70.4 Å². The lowest BCUT2D eigenvalue weighted by molar-refractivity contribution is 0.423. The number of ether oxygens (including phenoxy) is 1. The van der Waals surface area contributed by atoms with Gasteiger partial charge in [-0.1, -0.05) is 16.8 Å². The molecule has 0 aliphatic heterocycles. The zero-order valence-electron chi connectivity index (χ0n) is 16.0. The van der Waals surface area contributed by atoms with Gasteiger partial charge in [0.15, 0.2) is 5.82 Å². The molecule has 2 aromatic heterocycles. The van der Waals surface area contributed by atoms with Crippen LogP contribution in [0.5, 0.6) is 11.5 Å². The average Bonchev–Trinajstić information content (AvgIpc) is 3.40. The standard InChI is InChI=1S/C20H14ClN5O4S/c1-26-17(6-8-23-26)16-11-14(21)2-4-19(16)30-18-5-3-15(10-13(18)12-22)31(27,28)25-20-7-9-29-24-20/h2-11H,1H3,(H,24,25). The van der Waals surface area contributed by atoms with E-state index in [1.54, 1.807) is 42.2 Å². The molecule has 4 rings (SSSR count). The number of benzene rings is 2. The smallest absolute Gasteiger partial charge is 0.263 e. The van der Waals surface area contributed by atoms with E-state index in [1.807, 2.05) is 6.07 Å². The van der Waals surface area contributed by atoms with E-state index in [1.165, 1.54) is 30.5 Å². The summed E-state index contributed by atoms with van der Waals surface area (Å²) in [5, 5.41) is 17.8. The lowest BCUT2D eigenvalue weighted by Gasteiger charge is -2.14. The molecule has 0 fully saturated rings. The van der Waals surface area contributed by atoms with Crippen LogP contribution in [-0.2, 0) is 17.1 Å². The zero-order chi connectivity index (χ0) is 22.0. The summed E-state index contributed by atoms with van der Waals surface area (Å²) in [7, 11) is -2.19. The van der Waals surface area contributed by atoms with Crippen LogP contribution >= 0.6 is 11.6 Å². The molecule has 0 spiro atoms. The lowest BCUT2D eigenvalue weighted by atomic mass is 10.1. The average molecular weight is 456 g/mol. The van der Waals surface area contributed by atoms with E-state index in [9.17, 15) is 13.7 Å². The molecular weight excluding hydrogens is 442 g/mol. The summed E-state index contributed by atoms with van der Waals surface area (Å²) in [6, 6.07) is 14.1. The Hall–Kier alpha value is -3.81. The van der Waals surface area contributed by atoms with Crippen LogP contribution in [-0.4, -0.2) is 23.4 Å². The van der Waals surface area contributed by atoms with Gasteiger partial charge in [-0.25, -0.2) is 8.42 Å². The molecule has 0 aliphatic carbocycles. The first kappa shape index (κ1) is 20.5.